The molecular weight excluding hydrogens is 317 g/mol. The lowest BCUT2D eigenvalue weighted by atomic mass is 9.90. The van der Waals surface area contributed by atoms with Gasteiger partial charge < -0.3 is 10.6 Å². The number of halogens is 2. The molecule has 21 heavy (non-hydrogen) atoms. The van der Waals surface area contributed by atoms with Crippen LogP contribution in [0.1, 0.15) is 30.1 Å². The van der Waals surface area contributed by atoms with Crippen LogP contribution >= 0.6 is 24.0 Å². The summed E-state index contributed by atoms with van der Waals surface area (Å²) in [6.45, 7) is 3.59. The van der Waals surface area contributed by atoms with Crippen molar-refractivity contribution in [2.24, 2.45) is 0 Å². The average molecular weight is 334 g/mol. The summed E-state index contributed by atoms with van der Waals surface area (Å²) >= 11 is 5.74. The first-order valence-corrected chi connectivity index (χ1v) is 6.76. The highest BCUT2D eigenvalue weighted by Crippen LogP contribution is 2.25. The Balaban J connectivity index is 0.00000220. The summed E-state index contributed by atoms with van der Waals surface area (Å²) in [5.74, 6) is -0.433. The average Bonchev–Trinajstić information content (AvgIpc) is 2.38. The fraction of sp³-hybridized carbons (Fsp3) is 0.462. The Kier molecular flexibility index (Phi) is 5.95. The van der Waals surface area contributed by atoms with Crippen molar-refractivity contribution >= 4 is 35.6 Å². The molecule has 1 saturated heterocycles. The van der Waals surface area contributed by atoms with Crippen molar-refractivity contribution in [2.75, 3.05) is 13.1 Å². The van der Waals surface area contributed by atoms with E-state index in [1.807, 2.05) is 6.92 Å². The zero-order valence-corrected chi connectivity index (χ0v) is 13.1. The lowest BCUT2D eigenvalue weighted by Gasteiger charge is -2.34. The molecule has 0 unspecified atom stereocenters. The van der Waals surface area contributed by atoms with Crippen LogP contribution in [-0.4, -0.2) is 29.5 Å². The van der Waals surface area contributed by atoms with Gasteiger partial charge in [-0.3, -0.25) is 14.9 Å². The SMILES string of the molecule is CC1(NC(=O)c2ccc(Cl)cc2[N+](=O)[O-])CCNCC1.Cl. The molecule has 0 radical (unpaired) electrons. The Morgan fingerprint density at radius 1 is 1.43 bits per heavy atom. The van der Waals surface area contributed by atoms with Crippen molar-refractivity contribution in [1.82, 2.24) is 10.6 Å². The minimum absolute atomic E-state index is 0. The molecule has 1 aromatic rings. The summed E-state index contributed by atoms with van der Waals surface area (Å²) in [5.41, 5.74) is -0.567. The first kappa shape index (κ1) is 17.7. The van der Waals surface area contributed by atoms with Gasteiger partial charge in [-0.1, -0.05) is 11.6 Å². The Morgan fingerprint density at radius 3 is 2.62 bits per heavy atom. The summed E-state index contributed by atoms with van der Waals surface area (Å²) in [6.07, 6.45) is 1.58. The van der Waals surface area contributed by atoms with Gasteiger partial charge in [-0.25, -0.2) is 0 Å². The van der Waals surface area contributed by atoms with Crippen LogP contribution in [-0.2, 0) is 0 Å². The van der Waals surface area contributed by atoms with Gasteiger partial charge in [-0.15, -0.1) is 12.4 Å². The lowest BCUT2D eigenvalue weighted by molar-refractivity contribution is -0.385. The molecule has 1 amide bonds. The Labute approximate surface area is 133 Å². The number of carbonyl (C=O) groups is 1. The molecule has 0 bridgehead atoms. The zero-order chi connectivity index (χ0) is 14.8. The van der Waals surface area contributed by atoms with E-state index in [0.717, 1.165) is 25.9 Å². The van der Waals surface area contributed by atoms with Crippen LogP contribution in [0.3, 0.4) is 0 Å². The quantitative estimate of drug-likeness (QED) is 0.657. The van der Waals surface area contributed by atoms with Gasteiger partial charge in [-0.05, 0) is 45.0 Å². The molecule has 2 N–H and O–H groups in total. The van der Waals surface area contributed by atoms with E-state index in [4.69, 9.17) is 11.6 Å². The van der Waals surface area contributed by atoms with Crippen LogP contribution < -0.4 is 10.6 Å². The molecule has 116 valence electrons. The van der Waals surface area contributed by atoms with Gasteiger partial charge >= 0.3 is 0 Å². The van der Waals surface area contributed by atoms with Crippen molar-refractivity contribution in [1.29, 1.82) is 0 Å². The van der Waals surface area contributed by atoms with Gasteiger partial charge in [0.2, 0.25) is 0 Å². The van der Waals surface area contributed by atoms with Crippen molar-refractivity contribution in [3.8, 4) is 0 Å². The number of rotatable bonds is 3. The van der Waals surface area contributed by atoms with E-state index in [9.17, 15) is 14.9 Å². The van der Waals surface area contributed by atoms with Crippen LogP contribution in [0, 0.1) is 10.1 Å². The molecule has 1 aliphatic rings. The fourth-order valence-corrected chi connectivity index (χ4v) is 2.46. The number of hydrogen-bond donors (Lipinski definition) is 2. The highest BCUT2D eigenvalue weighted by Gasteiger charge is 2.31. The van der Waals surface area contributed by atoms with Crippen molar-refractivity contribution in [3.63, 3.8) is 0 Å². The van der Waals surface area contributed by atoms with Crippen LogP contribution in [0.5, 0.6) is 0 Å². The third kappa shape index (κ3) is 4.30. The van der Waals surface area contributed by atoms with E-state index in [1.165, 1.54) is 18.2 Å². The third-order valence-corrected chi connectivity index (χ3v) is 3.76. The fourth-order valence-electron chi connectivity index (χ4n) is 2.29. The number of nitrogens with zero attached hydrogens (tertiary/aromatic N) is 1. The molecule has 0 aliphatic carbocycles. The number of piperidine rings is 1. The minimum atomic E-state index is -0.592. The van der Waals surface area contributed by atoms with Crippen LogP contribution in [0.25, 0.3) is 0 Å². The number of nitro groups is 1. The number of nitrogens with one attached hydrogen (secondary N) is 2. The van der Waals surface area contributed by atoms with Crippen molar-refractivity contribution in [3.05, 3.63) is 38.9 Å². The molecule has 0 saturated carbocycles. The topological polar surface area (TPSA) is 84.3 Å². The maximum atomic E-state index is 12.3. The molecule has 1 aliphatic heterocycles. The predicted molar refractivity (Wildman–Crippen MR) is 83.3 cm³/mol. The molecule has 1 fully saturated rings. The Bertz CT molecular complexity index is 545. The predicted octanol–water partition coefficient (Wildman–Crippen LogP) is 2.54. The monoisotopic (exact) mass is 333 g/mol. The highest BCUT2D eigenvalue weighted by molar-refractivity contribution is 6.31. The molecule has 0 aromatic heterocycles. The van der Waals surface area contributed by atoms with E-state index in [0.29, 0.717) is 0 Å². The molecule has 0 atom stereocenters. The number of hydrogen-bond acceptors (Lipinski definition) is 4. The van der Waals surface area contributed by atoms with Gasteiger partial charge in [0.15, 0.2) is 0 Å². The number of nitro benzene ring substituents is 1. The van der Waals surface area contributed by atoms with Crippen LogP contribution in [0.4, 0.5) is 5.69 Å². The van der Waals surface area contributed by atoms with Gasteiger partial charge in [0.05, 0.1) is 4.92 Å². The van der Waals surface area contributed by atoms with Crippen molar-refractivity contribution in [2.45, 2.75) is 25.3 Å². The second-order valence-electron chi connectivity index (χ2n) is 5.18. The normalized spacial score (nSPS) is 16.7. The first-order valence-electron chi connectivity index (χ1n) is 6.38. The smallest absolute Gasteiger partial charge is 0.283 e. The molecule has 0 spiro atoms. The number of benzene rings is 1. The first-order chi connectivity index (χ1) is 9.41. The maximum Gasteiger partial charge on any atom is 0.283 e. The van der Waals surface area contributed by atoms with Crippen molar-refractivity contribution < 1.29 is 9.72 Å². The van der Waals surface area contributed by atoms with Crippen LogP contribution in [0.15, 0.2) is 18.2 Å². The van der Waals surface area contributed by atoms with E-state index < -0.39 is 10.8 Å². The van der Waals surface area contributed by atoms with Gasteiger partial charge in [0.1, 0.15) is 5.56 Å². The van der Waals surface area contributed by atoms with E-state index in [1.54, 1.807) is 0 Å². The molecule has 2 rings (SSSR count). The largest absolute Gasteiger partial charge is 0.347 e. The number of carbonyl (C=O) groups excluding carboxylic acids is 1. The standard InChI is InChI=1S/C13H16ClN3O3.ClH/c1-13(4-6-15-7-5-13)16-12(18)10-3-2-9(14)8-11(10)17(19)20;/h2-3,8,15H,4-7H2,1H3,(H,16,18);1H. The Morgan fingerprint density at radius 2 is 2.05 bits per heavy atom. The summed E-state index contributed by atoms with van der Waals surface area (Å²) in [4.78, 5) is 22.7. The highest BCUT2D eigenvalue weighted by atomic mass is 35.5. The van der Waals surface area contributed by atoms with Crippen LogP contribution in [0.2, 0.25) is 5.02 Å². The number of amides is 1. The van der Waals surface area contributed by atoms with E-state index in [-0.39, 0.29) is 34.2 Å². The molecule has 8 heteroatoms. The molecular formula is C13H17Cl2N3O3. The molecule has 6 nitrogen and oxygen atoms in total. The second-order valence-corrected chi connectivity index (χ2v) is 5.62. The van der Waals surface area contributed by atoms with Gasteiger partial charge in [0.25, 0.3) is 11.6 Å². The summed E-state index contributed by atoms with van der Waals surface area (Å²) in [5, 5.41) is 17.4. The molecule has 1 heterocycles. The van der Waals surface area contributed by atoms with Gasteiger partial charge in [0, 0.05) is 16.6 Å². The zero-order valence-electron chi connectivity index (χ0n) is 11.5. The Hall–Kier alpha value is -1.37. The minimum Gasteiger partial charge on any atom is -0.347 e. The lowest BCUT2D eigenvalue weighted by Crippen LogP contribution is -2.52. The summed E-state index contributed by atoms with van der Waals surface area (Å²) in [6, 6.07) is 4.07. The van der Waals surface area contributed by atoms with Gasteiger partial charge in [-0.2, -0.15) is 0 Å². The van der Waals surface area contributed by atoms with E-state index in [2.05, 4.69) is 10.6 Å². The summed E-state index contributed by atoms with van der Waals surface area (Å²) in [7, 11) is 0. The maximum absolute atomic E-state index is 12.3. The summed E-state index contributed by atoms with van der Waals surface area (Å²) < 4.78 is 0. The molecule has 1 aromatic carbocycles. The second kappa shape index (κ2) is 7.06. The van der Waals surface area contributed by atoms with E-state index >= 15 is 0 Å². The third-order valence-electron chi connectivity index (χ3n) is 3.52.